The molecule has 0 bridgehead atoms. The minimum atomic E-state index is -0.108. The lowest BCUT2D eigenvalue weighted by Gasteiger charge is -2.24. The summed E-state index contributed by atoms with van der Waals surface area (Å²) in [4.78, 5) is 25.9. The van der Waals surface area contributed by atoms with Crippen LogP contribution < -0.4 is 19.7 Å². The van der Waals surface area contributed by atoms with Crippen LogP contribution in [0.25, 0.3) is 0 Å². The number of anilines is 1. The number of amides is 2. The fourth-order valence-electron chi connectivity index (χ4n) is 2.76. The zero-order valence-electron chi connectivity index (χ0n) is 16.2. The van der Waals surface area contributed by atoms with E-state index in [1.807, 2.05) is 49.4 Å². The largest absolute Gasteiger partial charge is 0.497 e. The van der Waals surface area contributed by atoms with Crippen molar-refractivity contribution in [1.29, 1.82) is 0 Å². The third-order valence-electron chi connectivity index (χ3n) is 4.19. The maximum Gasteiger partial charge on any atom is 0.224 e. The quantitative estimate of drug-likeness (QED) is 0.776. The second-order valence-corrected chi connectivity index (χ2v) is 6.22. The first-order chi connectivity index (χ1) is 12.9. The first kappa shape index (κ1) is 20.3. The molecule has 2 rings (SSSR count). The van der Waals surface area contributed by atoms with E-state index < -0.39 is 0 Å². The van der Waals surface area contributed by atoms with Gasteiger partial charge < -0.3 is 19.7 Å². The summed E-state index contributed by atoms with van der Waals surface area (Å²) in [5.41, 5.74) is 2.63. The Kier molecular flexibility index (Phi) is 7.23. The van der Waals surface area contributed by atoms with Crippen molar-refractivity contribution in [3.8, 4) is 11.5 Å². The van der Waals surface area contributed by atoms with Crippen molar-refractivity contribution in [2.75, 3.05) is 32.2 Å². The summed E-state index contributed by atoms with van der Waals surface area (Å²) in [5.74, 6) is 1.17. The number of carbonyl (C=O) groups excluding carboxylic acids is 2. The van der Waals surface area contributed by atoms with Crippen molar-refractivity contribution >= 4 is 17.5 Å². The van der Waals surface area contributed by atoms with Gasteiger partial charge in [-0.25, -0.2) is 0 Å². The fourth-order valence-corrected chi connectivity index (χ4v) is 2.76. The molecule has 0 radical (unpaired) electrons. The Morgan fingerprint density at radius 1 is 1.04 bits per heavy atom. The predicted molar refractivity (Wildman–Crippen MR) is 105 cm³/mol. The van der Waals surface area contributed by atoms with Crippen LogP contribution in [0.5, 0.6) is 11.5 Å². The molecule has 0 aromatic heterocycles. The Hall–Kier alpha value is -3.02. The van der Waals surface area contributed by atoms with Gasteiger partial charge >= 0.3 is 0 Å². The minimum Gasteiger partial charge on any atom is -0.497 e. The molecule has 2 amide bonds. The second kappa shape index (κ2) is 9.62. The van der Waals surface area contributed by atoms with Gasteiger partial charge in [0, 0.05) is 20.0 Å². The molecule has 6 heteroatoms. The Morgan fingerprint density at radius 3 is 2.33 bits per heavy atom. The number of rotatable bonds is 8. The summed E-state index contributed by atoms with van der Waals surface area (Å²) in [7, 11) is 3.18. The van der Waals surface area contributed by atoms with Gasteiger partial charge in [-0.3, -0.25) is 9.59 Å². The number of carbonyl (C=O) groups is 2. The molecule has 0 fully saturated rings. The highest BCUT2D eigenvalue weighted by molar-refractivity contribution is 5.93. The van der Waals surface area contributed by atoms with Crippen LogP contribution in [0, 0.1) is 6.92 Å². The molecule has 0 heterocycles. The lowest BCUT2D eigenvalue weighted by atomic mass is 10.1. The Labute approximate surface area is 160 Å². The van der Waals surface area contributed by atoms with Crippen molar-refractivity contribution in [3.63, 3.8) is 0 Å². The molecular weight excluding hydrogens is 344 g/mol. The zero-order valence-corrected chi connectivity index (χ0v) is 16.2. The summed E-state index contributed by atoms with van der Waals surface area (Å²) < 4.78 is 10.5. The molecule has 0 atom stereocenters. The van der Waals surface area contributed by atoms with Crippen LogP contribution in [0.3, 0.4) is 0 Å². The molecule has 0 saturated carbocycles. The van der Waals surface area contributed by atoms with E-state index in [1.165, 1.54) is 6.92 Å². The van der Waals surface area contributed by atoms with E-state index in [-0.39, 0.29) is 18.2 Å². The smallest absolute Gasteiger partial charge is 0.224 e. The van der Waals surface area contributed by atoms with Gasteiger partial charge in [0.05, 0.1) is 26.3 Å². The van der Waals surface area contributed by atoms with Gasteiger partial charge in [0.15, 0.2) is 0 Å². The number of hydrogen-bond acceptors (Lipinski definition) is 4. The fraction of sp³-hybridized carbons (Fsp3) is 0.333. The Morgan fingerprint density at radius 2 is 1.74 bits per heavy atom. The topological polar surface area (TPSA) is 67.9 Å². The first-order valence-corrected chi connectivity index (χ1v) is 8.77. The number of aryl methyl sites for hydroxylation is 1. The molecule has 0 spiro atoms. The summed E-state index contributed by atoms with van der Waals surface area (Å²) in [6.45, 7) is 4.17. The highest BCUT2D eigenvalue weighted by Gasteiger charge is 2.16. The lowest BCUT2D eigenvalue weighted by Crippen LogP contribution is -2.38. The van der Waals surface area contributed by atoms with Gasteiger partial charge in [0.1, 0.15) is 11.5 Å². The molecular formula is C21H26N2O4. The first-order valence-electron chi connectivity index (χ1n) is 8.77. The Balaban J connectivity index is 1.95. The number of benzene rings is 2. The van der Waals surface area contributed by atoms with Gasteiger partial charge in [-0.05, 0) is 42.3 Å². The maximum atomic E-state index is 12.2. The van der Waals surface area contributed by atoms with Crippen LogP contribution in [-0.2, 0) is 16.0 Å². The molecule has 0 saturated heterocycles. The lowest BCUT2D eigenvalue weighted by molar-refractivity contribution is -0.121. The summed E-state index contributed by atoms with van der Waals surface area (Å²) in [6.07, 6.45) is 0.276. The van der Waals surface area contributed by atoms with Gasteiger partial charge in [-0.1, -0.05) is 18.2 Å². The van der Waals surface area contributed by atoms with Crippen LogP contribution in [0.15, 0.2) is 42.5 Å². The van der Waals surface area contributed by atoms with E-state index in [4.69, 9.17) is 9.47 Å². The molecule has 2 aromatic carbocycles. The van der Waals surface area contributed by atoms with E-state index in [9.17, 15) is 9.59 Å². The van der Waals surface area contributed by atoms with E-state index in [0.717, 1.165) is 16.9 Å². The number of methoxy groups -OCH3 is 2. The number of hydrogen-bond donors (Lipinski definition) is 1. The maximum absolute atomic E-state index is 12.2. The minimum absolute atomic E-state index is 0.0973. The standard InChI is InChI=1S/C21H26N2O4/c1-15-5-10-20(27-4)19(13-15)23(16(2)24)12-11-22-21(25)14-17-6-8-18(26-3)9-7-17/h5-10,13H,11-12,14H2,1-4H3,(H,22,25). The monoisotopic (exact) mass is 370 g/mol. The average Bonchev–Trinajstić information content (AvgIpc) is 2.65. The SMILES string of the molecule is COc1ccc(CC(=O)NCCN(C(C)=O)c2cc(C)ccc2OC)cc1. The molecule has 27 heavy (non-hydrogen) atoms. The van der Waals surface area contributed by atoms with E-state index >= 15 is 0 Å². The third-order valence-corrected chi connectivity index (χ3v) is 4.19. The molecule has 144 valence electrons. The van der Waals surface area contributed by atoms with Gasteiger partial charge in [-0.15, -0.1) is 0 Å². The van der Waals surface area contributed by atoms with Crippen molar-refractivity contribution in [3.05, 3.63) is 53.6 Å². The molecule has 1 N–H and O–H groups in total. The highest BCUT2D eigenvalue weighted by atomic mass is 16.5. The molecule has 0 aliphatic rings. The number of ether oxygens (including phenoxy) is 2. The van der Waals surface area contributed by atoms with Crippen molar-refractivity contribution in [1.82, 2.24) is 5.32 Å². The highest BCUT2D eigenvalue weighted by Crippen LogP contribution is 2.29. The van der Waals surface area contributed by atoms with E-state index in [1.54, 1.807) is 19.1 Å². The van der Waals surface area contributed by atoms with Gasteiger partial charge in [0.2, 0.25) is 11.8 Å². The summed E-state index contributed by atoms with van der Waals surface area (Å²) in [5, 5.41) is 2.86. The molecule has 0 unspecified atom stereocenters. The normalized spacial score (nSPS) is 10.2. The van der Waals surface area contributed by atoms with E-state index in [0.29, 0.717) is 24.5 Å². The second-order valence-electron chi connectivity index (χ2n) is 6.22. The zero-order chi connectivity index (χ0) is 19.8. The molecule has 6 nitrogen and oxygen atoms in total. The van der Waals surface area contributed by atoms with Crippen LogP contribution in [-0.4, -0.2) is 39.1 Å². The van der Waals surface area contributed by atoms with Crippen LogP contribution in [0.2, 0.25) is 0 Å². The third kappa shape index (κ3) is 5.74. The average molecular weight is 370 g/mol. The Bertz CT molecular complexity index is 787. The number of nitrogens with one attached hydrogen (secondary N) is 1. The molecule has 0 aliphatic heterocycles. The van der Waals surface area contributed by atoms with Crippen molar-refractivity contribution < 1.29 is 19.1 Å². The van der Waals surface area contributed by atoms with Gasteiger partial charge in [0.25, 0.3) is 0 Å². The molecule has 2 aromatic rings. The van der Waals surface area contributed by atoms with Crippen LogP contribution in [0.1, 0.15) is 18.1 Å². The van der Waals surface area contributed by atoms with Crippen LogP contribution >= 0.6 is 0 Å². The predicted octanol–water partition coefficient (Wildman–Crippen LogP) is 2.72. The van der Waals surface area contributed by atoms with E-state index in [2.05, 4.69) is 5.32 Å². The van der Waals surface area contributed by atoms with Gasteiger partial charge in [-0.2, -0.15) is 0 Å². The summed E-state index contributed by atoms with van der Waals surface area (Å²) in [6, 6.07) is 13.0. The number of nitrogens with zero attached hydrogens (tertiary/aromatic N) is 1. The van der Waals surface area contributed by atoms with Crippen molar-refractivity contribution in [2.24, 2.45) is 0 Å². The van der Waals surface area contributed by atoms with Crippen LogP contribution in [0.4, 0.5) is 5.69 Å². The van der Waals surface area contributed by atoms with Crippen molar-refractivity contribution in [2.45, 2.75) is 20.3 Å². The molecule has 0 aliphatic carbocycles. The summed E-state index contributed by atoms with van der Waals surface area (Å²) >= 11 is 0.